The molecule has 4 rings (SSSR count). The van der Waals surface area contributed by atoms with Gasteiger partial charge in [-0.1, -0.05) is 18.2 Å². The van der Waals surface area contributed by atoms with Gasteiger partial charge in [0.05, 0.1) is 11.6 Å². The SMILES string of the molecule is COCCCN1C(=O)C(=O)C(=C(O)c2ccc3c(c2)OCCO3)C1c1ccccc1F. The maximum Gasteiger partial charge on any atom is 0.295 e. The second kappa shape index (κ2) is 8.77. The number of methoxy groups -OCH3 is 1. The summed E-state index contributed by atoms with van der Waals surface area (Å²) in [5, 5.41) is 11.1. The molecule has 2 aromatic carbocycles. The molecule has 0 bridgehead atoms. The lowest BCUT2D eigenvalue weighted by Gasteiger charge is -2.25. The number of likely N-dealkylation sites (tertiary alicyclic amines) is 1. The number of ketones is 1. The number of hydrogen-bond donors (Lipinski definition) is 1. The van der Waals surface area contributed by atoms with Crippen LogP contribution in [0.15, 0.2) is 48.0 Å². The molecule has 2 heterocycles. The number of carbonyl (C=O) groups is 2. The monoisotopic (exact) mass is 427 g/mol. The van der Waals surface area contributed by atoms with Crippen LogP contribution in [-0.2, 0) is 14.3 Å². The Hall–Kier alpha value is -3.39. The fraction of sp³-hybridized carbons (Fsp3) is 0.304. The number of ether oxygens (including phenoxy) is 3. The highest BCUT2D eigenvalue weighted by atomic mass is 19.1. The third-order valence-corrected chi connectivity index (χ3v) is 5.30. The molecule has 0 saturated carbocycles. The number of fused-ring (bicyclic) bond motifs is 1. The lowest BCUT2D eigenvalue weighted by atomic mass is 9.94. The number of benzene rings is 2. The Labute approximate surface area is 178 Å². The predicted octanol–water partition coefficient (Wildman–Crippen LogP) is 3.06. The number of nitrogens with zero attached hydrogens (tertiary/aromatic N) is 1. The van der Waals surface area contributed by atoms with Gasteiger partial charge < -0.3 is 24.2 Å². The minimum atomic E-state index is -1.05. The van der Waals surface area contributed by atoms with Crippen LogP contribution < -0.4 is 9.47 Å². The van der Waals surface area contributed by atoms with Gasteiger partial charge in [-0.2, -0.15) is 0 Å². The molecule has 0 radical (unpaired) electrons. The van der Waals surface area contributed by atoms with E-state index in [1.165, 1.54) is 30.2 Å². The van der Waals surface area contributed by atoms with E-state index >= 15 is 0 Å². The van der Waals surface area contributed by atoms with Crippen LogP contribution in [-0.4, -0.2) is 55.2 Å². The van der Waals surface area contributed by atoms with E-state index in [0.717, 1.165) is 0 Å². The highest BCUT2D eigenvalue weighted by Gasteiger charge is 2.46. The molecule has 7 nitrogen and oxygen atoms in total. The molecule has 1 fully saturated rings. The number of Topliss-reactive ketones (excluding diaryl/α,β-unsaturated/α-hetero) is 1. The molecule has 162 valence electrons. The predicted molar refractivity (Wildman–Crippen MR) is 109 cm³/mol. The lowest BCUT2D eigenvalue weighted by Crippen LogP contribution is -2.31. The molecular weight excluding hydrogens is 405 g/mol. The van der Waals surface area contributed by atoms with Gasteiger partial charge in [-0.25, -0.2) is 4.39 Å². The number of rotatable bonds is 6. The Bertz CT molecular complexity index is 1050. The average Bonchev–Trinajstić information content (AvgIpc) is 3.03. The summed E-state index contributed by atoms with van der Waals surface area (Å²) in [4.78, 5) is 27.0. The van der Waals surface area contributed by atoms with Crippen molar-refractivity contribution in [2.24, 2.45) is 0 Å². The molecule has 1 unspecified atom stereocenters. The molecule has 0 aromatic heterocycles. The highest BCUT2D eigenvalue weighted by Crippen LogP contribution is 2.41. The van der Waals surface area contributed by atoms with E-state index in [4.69, 9.17) is 14.2 Å². The van der Waals surface area contributed by atoms with E-state index in [2.05, 4.69) is 0 Å². The van der Waals surface area contributed by atoms with Crippen molar-refractivity contribution in [1.82, 2.24) is 4.90 Å². The number of amides is 1. The van der Waals surface area contributed by atoms with Crippen LogP contribution in [0.1, 0.15) is 23.6 Å². The van der Waals surface area contributed by atoms with Gasteiger partial charge in [-0.05, 0) is 30.7 Å². The summed E-state index contributed by atoms with van der Waals surface area (Å²) < 4.78 is 30.8. The number of aliphatic hydroxyl groups is 1. The molecule has 2 aliphatic heterocycles. The molecule has 2 aromatic rings. The van der Waals surface area contributed by atoms with Gasteiger partial charge in [0.2, 0.25) is 0 Å². The van der Waals surface area contributed by atoms with Gasteiger partial charge in [-0.15, -0.1) is 0 Å². The second-order valence-corrected chi connectivity index (χ2v) is 7.22. The highest BCUT2D eigenvalue weighted by molar-refractivity contribution is 6.46. The fourth-order valence-corrected chi connectivity index (χ4v) is 3.86. The fourth-order valence-electron chi connectivity index (χ4n) is 3.86. The minimum absolute atomic E-state index is 0.137. The first kappa shape index (κ1) is 20.9. The van der Waals surface area contributed by atoms with Gasteiger partial charge in [-0.3, -0.25) is 9.59 Å². The van der Waals surface area contributed by atoms with E-state index < -0.39 is 29.3 Å². The van der Waals surface area contributed by atoms with Crippen molar-refractivity contribution in [3.8, 4) is 11.5 Å². The van der Waals surface area contributed by atoms with E-state index in [1.807, 2.05) is 0 Å². The third-order valence-electron chi connectivity index (χ3n) is 5.30. The Balaban J connectivity index is 1.82. The Morgan fingerprint density at radius 2 is 1.90 bits per heavy atom. The second-order valence-electron chi connectivity index (χ2n) is 7.22. The molecular formula is C23H22FNO6. The normalized spacial score (nSPS) is 19.7. The van der Waals surface area contributed by atoms with Crippen LogP contribution >= 0.6 is 0 Å². The zero-order valence-electron chi connectivity index (χ0n) is 17.0. The van der Waals surface area contributed by atoms with Crippen LogP contribution in [0, 0.1) is 5.82 Å². The number of aliphatic hydroxyl groups excluding tert-OH is 1. The number of halogens is 1. The average molecular weight is 427 g/mol. The smallest absolute Gasteiger partial charge is 0.295 e. The summed E-state index contributed by atoms with van der Waals surface area (Å²) >= 11 is 0. The Kier molecular flexibility index (Phi) is 5.90. The van der Waals surface area contributed by atoms with Crippen LogP contribution in [0.3, 0.4) is 0 Å². The third kappa shape index (κ3) is 3.86. The van der Waals surface area contributed by atoms with Crippen molar-refractivity contribution in [3.63, 3.8) is 0 Å². The first-order valence-corrected chi connectivity index (χ1v) is 9.94. The molecule has 1 amide bonds. The van der Waals surface area contributed by atoms with Gasteiger partial charge >= 0.3 is 0 Å². The summed E-state index contributed by atoms with van der Waals surface area (Å²) in [6, 6.07) is 9.60. The van der Waals surface area contributed by atoms with E-state index in [1.54, 1.807) is 24.3 Å². The molecule has 8 heteroatoms. The Morgan fingerprint density at radius 1 is 1.16 bits per heavy atom. The first-order chi connectivity index (χ1) is 15.0. The van der Waals surface area contributed by atoms with Crippen molar-refractivity contribution in [2.45, 2.75) is 12.5 Å². The molecule has 1 atom stereocenters. The molecule has 1 N–H and O–H groups in total. The van der Waals surface area contributed by atoms with Crippen LogP contribution in [0.5, 0.6) is 11.5 Å². The largest absolute Gasteiger partial charge is 0.507 e. The maximum absolute atomic E-state index is 14.7. The van der Waals surface area contributed by atoms with Crippen LogP contribution in [0.4, 0.5) is 4.39 Å². The van der Waals surface area contributed by atoms with Gasteiger partial charge in [0.25, 0.3) is 11.7 Å². The van der Waals surface area contributed by atoms with Crippen molar-refractivity contribution < 1.29 is 33.3 Å². The quantitative estimate of drug-likeness (QED) is 0.330. The molecule has 0 spiro atoms. The lowest BCUT2D eigenvalue weighted by molar-refractivity contribution is -0.140. The van der Waals surface area contributed by atoms with Gasteiger partial charge in [0.15, 0.2) is 11.5 Å². The Morgan fingerprint density at radius 3 is 2.65 bits per heavy atom. The number of carbonyl (C=O) groups excluding carboxylic acids is 2. The maximum atomic E-state index is 14.7. The van der Waals surface area contributed by atoms with Crippen molar-refractivity contribution >= 4 is 17.4 Å². The van der Waals surface area contributed by atoms with E-state index in [9.17, 15) is 19.1 Å². The van der Waals surface area contributed by atoms with Crippen molar-refractivity contribution in [3.05, 3.63) is 65.0 Å². The zero-order chi connectivity index (χ0) is 22.0. The van der Waals surface area contributed by atoms with E-state index in [-0.39, 0.29) is 23.2 Å². The van der Waals surface area contributed by atoms with E-state index in [0.29, 0.717) is 37.7 Å². The van der Waals surface area contributed by atoms with Crippen LogP contribution in [0.25, 0.3) is 5.76 Å². The molecule has 0 aliphatic carbocycles. The summed E-state index contributed by atoms with van der Waals surface area (Å²) in [6.45, 7) is 1.32. The summed E-state index contributed by atoms with van der Waals surface area (Å²) in [7, 11) is 1.53. The summed E-state index contributed by atoms with van der Waals surface area (Å²) in [5.41, 5.74) is 0.253. The minimum Gasteiger partial charge on any atom is -0.507 e. The van der Waals surface area contributed by atoms with Gasteiger partial charge in [0.1, 0.15) is 24.8 Å². The van der Waals surface area contributed by atoms with Crippen molar-refractivity contribution in [1.29, 1.82) is 0 Å². The summed E-state index contributed by atoms with van der Waals surface area (Å²) in [6.07, 6.45) is 0.457. The first-order valence-electron chi connectivity index (χ1n) is 9.94. The van der Waals surface area contributed by atoms with Gasteiger partial charge in [0, 0.05) is 31.4 Å². The molecule has 31 heavy (non-hydrogen) atoms. The molecule has 1 saturated heterocycles. The van der Waals surface area contributed by atoms with Crippen LogP contribution in [0.2, 0.25) is 0 Å². The molecule has 2 aliphatic rings. The topological polar surface area (TPSA) is 85.3 Å². The van der Waals surface area contributed by atoms with Crippen molar-refractivity contribution in [2.75, 3.05) is 33.5 Å². The standard InChI is InChI=1S/C23H22FNO6/c1-29-10-4-9-25-20(15-5-2-3-6-16(15)24)19(22(27)23(25)28)21(26)14-7-8-17-18(13-14)31-12-11-30-17/h2-3,5-8,13,20,26H,4,9-12H2,1H3. The zero-order valence-corrected chi connectivity index (χ0v) is 17.0. The number of hydrogen-bond acceptors (Lipinski definition) is 6. The summed E-state index contributed by atoms with van der Waals surface area (Å²) in [5.74, 6) is -1.67.